The lowest BCUT2D eigenvalue weighted by atomic mass is 10.0. The van der Waals surface area contributed by atoms with Crippen molar-refractivity contribution in [2.45, 2.75) is 0 Å². The van der Waals surface area contributed by atoms with Crippen LogP contribution in [-0.4, -0.2) is 0 Å². The van der Waals surface area contributed by atoms with E-state index in [9.17, 15) is 0 Å². The maximum Gasteiger partial charge on any atom is 0.137 e. The number of para-hydroxylation sites is 3. The van der Waals surface area contributed by atoms with Gasteiger partial charge in [0.2, 0.25) is 0 Å². The number of anilines is 9. The quantitative estimate of drug-likeness (QED) is 0.136. The van der Waals surface area contributed by atoms with Crippen LogP contribution in [0.5, 0.6) is 0 Å². The Morgan fingerprint density at radius 1 is 0.261 bits per heavy atom. The Morgan fingerprint density at radius 3 is 1.39 bits per heavy atom. The van der Waals surface area contributed by atoms with Crippen molar-refractivity contribution in [1.29, 1.82) is 0 Å². The molecule has 5 heteroatoms. The third kappa shape index (κ3) is 7.33. The lowest BCUT2D eigenvalue weighted by Gasteiger charge is -2.31. The Morgan fingerprint density at radius 2 is 0.710 bits per heavy atom. The van der Waals surface area contributed by atoms with E-state index in [1.807, 2.05) is 23.5 Å². The normalized spacial score (nSPS) is 11.5. The molecule has 0 aliphatic rings. The zero-order valence-electron chi connectivity index (χ0n) is 37.5. The van der Waals surface area contributed by atoms with Crippen molar-refractivity contribution in [3.63, 3.8) is 0 Å². The zero-order chi connectivity index (χ0) is 45.7. The molecule has 0 unspecified atom stereocenters. The summed E-state index contributed by atoms with van der Waals surface area (Å²) in [6.45, 7) is 0. The van der Waals surface area contributed by atoms with Crippen molar-refractivity contribution in [2.75, 3.05) is 14.7 Å². The van der Waals surface area contributed by atoms with Gasteiger partial charge < -0.3 is 19.1 Å². The molecule has 326 valence electrons. The fourth-order valence-corrected chi connectivity index (χ4v) is 11.2. The van der Waals surface area contributed by atoms with Gasteiger partial charge in [-0.3, -0.25) is 0 Å². The van der Waals surface area contributed by atoms with Crippen LogP contribution in [0.25, 0.3) is 64.0 Å². The molecule has 0 saturated carbocycles. The predicted octanol–water partition coefficient (Wildman–Crippen LogP) is 19.2. The molecule has 11 aromatic carbocycles. The molecule has 2 aromatic heterocycles. The average Bonchev–Trinajstić information content (AvgIpc) is 3.99. The van der Waals surface area contributed by atoms with Crippen LogP contribution in [0.3, 0.4) is 0 Å². The third-order valence-electron chi connectivity index (χ3n) is 13.2. The van der Waals surface area contributed by atoms with Gasteiger partial charge in [-0.25, -0.2) is 0 Å². The molecule has 0 fully saturated rings. The molecular formula is C64H43N3OS. The smallest absolute Gasteiger partial charge is 0.137 e. The van der Waals surface area contributed by atoms with Crippen LogP contribution >= 0.6 is 11.3 Å². The van der Waals surface area contributed by atoms with Gasteiger partial charge in [0.15, 0.2) is 0 Å². The highest BCUT2D eigenvalue weighted by atomic mass is 32.1. The summed E-state index contributed by atoms with van der Waals surface area (Å²) in [7, 11) is 0. The van der Waals surface area contributed by atoms with Crippen molar-refractivity contribution in [2.24, 2.45) is 0 Å². The van der Waals surface area contributed by atoms with Crippen LogP contribution in [0.2, 0.25) is 0 Å². The Balaban J connectivity index is 0.979. The summed E-state index contributed by atoms with van der Waals surface area (Å²) in [4.78, 5) is 7.08. The number of nitrogens with zero attached hydrogens (tertiary/aromatic N) is 3. The van der Waals surface area contributed by atoms with Gasteiger partial charge in [0, 0.05) is 93.6 Å². The molecule has 0 radical (unpaired) electrons. The summed E-state index contributed by atoms with van der Waals surface area (Å²) < 4.78 is 9.06. The van der Waals surface area contributed by atoms with Gasteiger partial charge >= 0.3 is 0 Å². The maximum atomic E-state index is 6.45. The summed E-state index contributed by atoms with van der Waals surface area (Å²) in [6, 6.07) is 93.6. The van der Waals surface area contributed by atoms with Crippen LogP contribution < -0.4 is 14.7 Å². The number of hydrogen-bond acceptors (Lipinski definition) is 5. The lowest BCUT2D eigenvalue weighted by molar-refractivity contribution is 0.669. The third-order valence-corrected chi connectivity index (χ3v) is 14.4. The van der Waals surface area contributed by atoms with Gasteiger partial charge in [0.1, 0.15) is 11.2 Å². The Kier molecular flexibility index (Phi) is 9.99. The number of thiophene rings is 1. The Hall–Kier alpha value is -8.90. The van der Waals surface area contributed by atoms with Crippen LogP contribution in [0.1, 0.15) is 0 Å². The first kappa shape index (κ1) is 40.4. The van der Waals surface area contributed by atoms with E-state index in [1.165, 1.54) is 30.9 Å². The second-order valence-corrected chi connectivity index (χ2v) is 18.4. The van der Waals surface area contributed by atoms with E-state index >= 15 is 0 Å². The minimum atomic E-state index is 0.851. The van der Waals surface area contributed by atoms with E-state index < -0.39 is 0 Å². The highest BCUT2D eigenvalue weighted by Gasteiger charge is 2.22. The molecule has 0 spiro atoms. The first-order valence-electron chi connectivity index (χ1n) is 23.3. The van der Waals surface area contributed by atoms with Gasteiger partial charge in [-0.05, 0) is 126 Å². The molecule has 0 aliphatic heterocycles. The monoisotopic (exact) mass is 901 g/mol. The maximum absolute atomic E-state index is 6.45. The molecule has 0 aliphatic carbocycles. The number of rotatable bonds is 10. The number of fused-ring (bicyclic) bond motifs is 8. The lowest BCUT2D eigenvalue weighted by Crippen LogP contribution is -2.14. The van der Waals surface area contributed by atoms with E-state index in [4.69, 9.17) is 4.42 Å². The molecule has 13 rings (SSSR count). The number of hydrogen-bond donors (Lipinski definition) is 0. The molecule has 2 heterocycles. The second-order valence-electron chi connectivity index (χ2n) is 17.4. The van der Waals surface area contributed by atoms with Crippen LogP contribution in [0.15, 0.2) is 265 Å². The van der Waals surface area contributed by atoms with E-state index in [2.05, 4.69) is 263 Å². The van der Waals surface area contributed by atoms with Crippen molar-refractivity contribution >= 4 is 115 Å². The van der Waals surface area contributed by atoms with Gasteiger partial charge in [-0.15, -0.1) is 11.3 Å². The van der Waals surface area contributed by atoms with E-state index in [0.29, 0.717) is 0 Å². The first-order chi connectivity index (χ1) is 34.2. The summed E-state index contributed by atoms with van der Waals surface area (Å²) in [5.74, 6) is 0. The van der Waals surface area contributed by atoms with E-state index in [0.717, 1.165) is 84.3 Å². The molecule has 4 nitrogen and oxygen atoms in total. The van der Waals surface area contributed by atoms with Gasteiger partial charge in [-0.2, -0.15) is 0 Å². The molecule has 0 amide bonds. The zero-order valence-corrected chi connectivity index (χ0v) is 38.3. The van der Waals surface area contributed by atoms with Crippen molar-refractivity contribution in [3.8, 4) is 11.1 Å². The van der Waals surface area contributed by atoms with Crippen molar-refractivity contribution in [3.05, 3.63) is 261 Å². The topological polar surface area (TPSA) is 22.9 Å². The Labute approximate surface area is 404 Å². The molecule has 0 saturated heterocycles. The SMILES string of the molecule is c1ccc(-c2cccc(N(c3cccc(N(c4ccccc4)c4ccc5c(c4)oc4ccccc45)c3)c3cccc(N(c4ccccc4)c4ccc5ccc6c7ccccc7sc6c5c4)c3)c2)cc1. The summed E-state index contributed by atoms with van der Waals surface area (Å²) in [5.41, 5.74) is 13.4. The highest BCUT2D eigenvalue weighted by Crippen LogP contribution is 2.46. The summed E-state index contributed by atoms with van der Waals surface area (Å²) >= 11 is 1.87. The molecular weight excluding hydrogens is 859 g/mol. The number of benzene rings is 11. The first-order valence-corrected chi connectivity index (χ1v) is 24.1. The second kappa shape index (κ2) is 17.1. The predicted molar refractivity (Wildman–Crippen MR) is 294 cm³/mol. The van der Waals surface area contributed by atoms with E-state index in [-0.39, 0.29) is 0 Å². The minimum absolute atomic E-state index is 0.851. The van der Waals surface area contributed by atoms with Crippen LogP contribution in [0.4, 0.5) is 51.2 Å². The highest BCUT2D eigenvalue weighted by molar-refractivity contribution is 7.26. The van der Waals surface area contributed by atoms with Crippen LogP contribution in [-0.2, 0) is 0 Å². The molecule has 0 N–H and O–H groups in total. The Bertz CT molecular complexity index is 3990. The summed E-state index contributed by atoms with van der Waals surface area (Å²) in [5, 5.41) is 7.29. The molecule has 13 aromatic rings. The van der Waals surface area contributed by atoms with Crippen LogP contribution in [0, 0.1) is 0 Å². The van der Waals surface area contributed by atoms with Gasteiger partial charge in [0.05, 0.1) is 0 Å². The van der Waals surface area contributed by atoms with Gasteiger partial charge in [-0.1, -0.05) is 146 Å². The fourth-order valence-electron chi connectivity index (χ4n) is 9.98. The fraction of sp³-hybridized carbons (Fsp3) is 0. The minimum Gasteiger partial charge on any atom is -0.456 e. The van der Waals surface area contributed by atoms with E-state index in [1.54, 1.807) is 0 Å². The van der Waals surface area contributed by atoms with Crippen molar-refractivity contribution in [1.82, 2.24) is 0 Å². The molecule has 69 heavy (non-hydrogen) atoms. The van der Waals surface area contributed by atoms with Gasteiger partial charge in [0.25, 0.3) is 0 Å². The largest absolute Gasteiger partial charge is 0.456 e. The molecule has 0 atom stereocenters. The standard InChI is InChI=1S/C64H43N3OS/c1-4-17-44(18-5-1)46-19-14-24-49(39-46)67(53-28-16-26-51(41-53)66(48-22-8-3-9-23-48)55-36-38-57-56-29-10-12-31-61(56)68-62(57)43-55)52-27-15-25-50(40-52)65(47-20-6-2-7-21-47)54-35-33-45-34-37-59-58-30-11-13-32-63(58)69-64(59)60(45)42-54/h1-43H. The summed E-state index contributed by atoms with van der Waals surface area (Å²) in [6.07, 6.45) is 0. The van der Waals surface area contributed by atoms with Crippen molar-refractivity contribution < 1.29 is 4.42 Å². The average molecular weight is 902 g/mol. The number of furan rings is 1. The molecule has 0 bridgehead atoms.